The van der Waals surface area contributed by atoms with Crippen LogP contribution in [0.3, 0.4) is 0 Å². The van der Waals surface area contributed by atoms with Crippen LogP contribution < -0.4 is 0 Å². The number of amides is 1. The number of nitrogens with zero attached hydrogens (tertiary/aromatic N) is 2. The predicted octanol–water partition coefficient (Wildman–Crippen LogP) is 1.08. The largest absolute Gasteiger partial charge is 0.394 e. The van der Waals surface area contributed by atoms with Gasteiger partial charge in [0.15, 0.2) is 0 Å². The van der Waals surface area contributed by atoms with E-state index >= 15 is 0 Å². The summed E-state index contributed by atoms with van der Waals surface area (Å²) >= 11 is 1.26. The third-order valence-corrected chi connectivity index (χ3v) is 6.49. The van der Waals surface area contributed by atoms with Crippen molar-refractivity contribution in [1.82, 2.24) is 9.88 Å². The standard InChI is InChI=1S/C22H24N2O6S/c1-24(10-12-5-3-2-4-6-12)22(29)13-7-8-16-14(9-13)23-21(31-16)20-19(28)18(27)17(26)15(11-25)30-20/h2-9,15,17-20,25-28H,10-11H2,1H3/t15-,17+,18+,19-,20-/m1/s1. The van der Waals surface area contributed by atoms with Crippen LogP contribution in [0.15, 0.2) is 48.5 Å². The molecule has 9 heteroatoms. The summed E-state index contributed by atoms with van der Waals surface area (Å²) in [5.74, 6) is -0.145. The summed E-state index contributed by atoms with van der Waals surface area (Å²) in [6.45, 7) is -0.0242. The second kappa shape index (κ2) is 8.99. The van der Waals surface area contributed by atoms with Gasteiger partial charge in [0.2, 0.25) is 0 Å². The Morgan fingerprint density at radius 3 is 2.55 bits per heavy atom. The van der Waals surface area contributed by atoms with Gasteiger partial charge in [-0.05, 0) is 23.8 Å². The van der Waals surface area contributed by atoms with Gasteiger partial charge < -0.3 is 30.1 Å². The molecule has 3 aromatic rings. The maximum absolute atomic E-state index is 12.9. The fourth-order valence-electron chi connectivity index (χ4n) is 3.66. The number of thiazole rings is 1. The number of ether oxygens (including phenoxy) is 1. The van der Waals surface area contributed by atoms with Crippen molar-refractivity contribution < 1.29 is 30.0 Å². The molecule has 1 saturated heterocycles. The molecule has 1 aliphatic heterocycles. The number of carbonyl (C=O) groups is 1. The number of fused-ring (bicyclic) bond motifs is 1. The van der Waals surface area contributed by atoms with Crippen molar-refractivity contribution in [2.24, 2.45) is 0 Å². The van der Waals surface area contributed by atoms with Gasteiger partial charge in [-0.2, -0.15) is 0 Å². The molecule has 164 valence electrons. The highest BCUT2D eigenvalue weighted by Gasteiger charge is 2.45. The first kappa shape index (κ1) is 21.8. The monoisotopic (exact) mass is 444 g/mol. The normalized spacial score (nSPS) is 26.2. The summed E-state index contributed by atoms with van der Waals surface area (Å²) in [4.78, 5) is 19.0. The predicted molar refractivity (Wildman–Crippen MR) is 115 cm³/mol. The van der Waals surface area contributed by atoms with Crippen LogP contribution in [0.5, 0.6) is 0 Å². The Balaban J connectivity index is 1.56. The van der Waals surface area contributed by atoms with E-state index in [1.165, 1.54) is 11.3 Å². The molecule has 0 unspecified atom stereocenters. The lowest BCUT2D eigenvalue weighted by atomic mass is 9.95. The van der Waals surface area contributed by atoms with E-state index in [1.807, 2.05) is 30.3 Å². The quantitative estimate of drug-likeness (QED) is 0.464. The fourth-order valence-corrected chi connectivity index (χ4v) is 4.68. The van der Waals surface area contributed by atoms with Crippen LogP contribution >= 0.6 is 11.3 Å². The average Bonchev–Trinajstić information content (AvgIpc) is 3.21. The number of rotatable bonds is 5. The van der Waals surface area contributed by atoms with Crippen LogP contribution in [-0.4, -0.2) is 74.3 Å². The molecule has 8 nitrogen and oxygen atoms in total. The van der Waals surface area contributed by atoms with E-state index in [1.54, 1.807) is 30.1 Å². The van der Waals surface area contributed by atoms with E-state index in [9.17, 15) is 25.2 Å². The van der Waals surface area contributed by atoms with Crippen molar-refractivity contribution in [2.45, 2.75) is 37.1 Å². The van der Waals surface area contributed by atoms with Gasteiger partial charge in [0.05, 0.1) is 16.8 Å². The average molecular weight is 445 g/mol. The lowest BCUT2D eigenvalue weighted by molar-refractivity contribution is -0.231. The van der Waals surface area contributed by atoms with Crippen LogP contribution in [0.1, 0.15) is 27.0 Å². The van der Waals surface area contributed by atoms with Crippen LogP contribution in [0.25, 0.3) is 10.2 Å². The van der Waals surface area contributed by atoms with Crippen LogP contribution in [-0.2, 0) is 11.3 Å². The lowest BCUT2D eigenvalue weighted by Crippen LogP contribution is -2.55. The highest BCUT2D eigenvalue weighted by Crippen LogP contribution is 2.36. The number of aliphatic hydroxyl groups is 4. The third kappa shape index (κ3) is 4.33. The first-order valence-electron chi connectivity index (χ1n) is 9.89. The Labute approximate surface area is 183 Å². The van der Waals surface area contributed by atoms with Gasteiger partial charge >= 0.3 is 0 Å². The van der Waals surface area contributed by atoms with Crippen molar-refractivity contribution >= 4 is 27.5 Å². The highest BCUT2D eigenvalue weighted by atomic mass is 32.1. The number of carbonyl (C=O) groups excluding carboxylic acids is 1. The van der Waals surface area contributed by atoms with Crippen molar-refractivity contribution in [1.29, 1.82) is 0 Å². The summed E-state index contributed by atoms with van der Waals surface area (Å²) in [7, 11) is 1.74. The summed E-state index contributed by atoms with van der Waals surface area (Å²) in [6.07, 6.45) is -6.27. The molecule has 1 aromatic heterocycles. The molecular formula is C22H24N2O6S. The van der Waals surface area contributed by atoms with E-state index < -0.39 is 37.1 Å². The second-order valence-corrected chi connectivity index (χ2v) is 8.69. The summed E-state index contributed by atoms with van der Waals surface area (Å²) in [5.41, 5.74) is 2.07. The van der Waals surface area contributed by atoms with Gasteiger partial charge in [-0.25, -0.2) is 4.98 Å². The number of benzene rings is 2. The lowest BCUT2D eigenvalue weighted by Gasteiger charge is -2.39. The number of hydrogen-bond acceptors (Lipinski definition) is 8. The zero-order chi connectivity index (χ0) is 22.1. The van der Waals surface area contributed by atoms with Crippen molar-refractivity contribution in [3.63, 3.8) is 0 Å². The van der Waals surface area contributed by atoms with Crippen molar-refractivity contribution in [3.05, 3.63) is 64.7 Å². The van der Waals surface area contributed by atoms with E-state index in [2.05, 4.69) is 4.98 Å². The first-order chi connectivity index (χ1) is 14.9. The Hall–Kier alpha value is -2.40. The molecular weight excluding hydrogens is 420 g/mol. The number of hydrogen-bond donors (Lipinski definition) is 4. The molecule has 0 aliphatic carbocycles. The number of aliphatic hydroxyl groups excluding tert-OH is 4. The molecule has 1 fully saturated rings. The molecule has 0 radical (unpaired) electrons. The Morgan fingerprint density at radius 2 is 1.84 bits per heavy atom. The summed E-state index contributed by atoms with van der Waals surface area (Å²) in [5, 5.41) is 40.1. The smallest absolute Gasteiger partial charge is 0.253 e. The van der Waals surface area contributed by atoms with Crippen LogP contribution in [0, 0.1) is 0 Å². The third-order valence-electron chi connectivity index (χ3n) is 5.40. The van der Waals surface area contributed by atoms with Gasteiger partial charge in [-0.1, -0.05) is 30.3 Å². The highest BCUT2D eigenvalue weighted by molar-refractivity contribution is 7.18. The molecule has 31 heavy (non-hydrogen) atoms. The molecule has 1 aliphatic rings. The van der Waals surface area contributed by atoms with Gasteiger partial charge in [-0.3, -0.25) is 4.79 Å². The van der Waals surface area contributed by atoms with Gasteiger partial charge in [-0.15, -0.1) is 11.3 Å². The molecule has 5 atom stereocenters. The Bertz CT molecular complexity index is 1060. The molecule has 4 rings (SSSR count). The zero-order valence-electron chi connectivity index (χ0n) is 16.8. The van der Waals surface area contributed by atoms with Crippen LogP contribution in [0.2, 0.25) is 0 Å². The van der Waals surface area contributed by atoms with E-state index in [0.29, 0.717) is 22.6 Å². The van der Waals surface area contributed by atoms with E-state index in [0.717, 1.165) is 10.3 Å². The van der Waals surface area contributed by atoms with Crippen molar-refractivity contribution in [3.8, 4) is 0 Å². The SMILES string of the molecule is CN(Cc1ccccc1)C(=O)c1ccc2sc([C@@H]3O[C@H](CO)[C@H](O)[C@H](O)[C@H]3O)nc2c1. The Kier molecular flexibility index (Phi) is 6.33. The fraction of sp³-hybridized carbons (Fsp3) is 0.364. The minimum atomic E-state index is -1.47. The Morgan fingerprint density at radius 1 is 1.10 bits per heavy atom. The minimum absolute atomic E-state index is 0.145. The minimum Gasteiger partial charge on any atom is -0.394 e. The van der Waals surface area contributed by atoms with Crippen LogP contribution in [0.4, 0.5) is 0 Å². The van der Waals surface area contributed by atoms with Crippen molar-refractivity contribution in [2.75, 3.05) is 13.7 Å². The maximum Gasteiger partial charge on any atom is 0.253 e. The molecule has 0 bridgehead atoms. The molecule has 0 spiro atoms. The second-order valence-electron chi connectivity index (χ2n) is 7.63. The molecule has 2 heterocycles. The van der Waals surface area contributed by atoms with E-state index in [4.69, 9.17) is 4.74 Å². The first-order valence-corrected chi connectivity index (χ1v) is 10.7. The molecule has 0 saturated carbocycles. The molecule has 4 N–H and O–H groups in total. The number of aromatic nitrogens is 1. The maximum atomic E-state index is 12.9. The zero-order valence-corrected chi connectivity index (χ0v) is 17.6. The van der Waals surface area contributed by atoms with Gasteiger partial charge in [0.25, 0.3) is 5.91 Å². The van der Waals surface area contributed by atoms with Gasteiger partial charge in [0, 0.05) is 19.2 Å². The molecule has 1 amide bonds. The summed E-state index contributed by atoms with van der Waals surface area (Å²) in [6, 6.07) is 14.9. The molecule has 2 aromatic carbocycles. The van der Waals surface area contributed by atoms with E-state index in [-0.39, 0.29) is 5.91 Å². The topological polar surface area (TPSA) is 123 Å². The summed E-state index contributed by atoms with van der Waals surface area (Å²) < 4.78 is 6.38. The van der Waals surface area contributed by atoms with Gasteiger partial charge in [0.1, 0.15) is 35.5 Å².